The Labute approximate surface area is 109 Å². The van der Waals surface area contributed by atoms with Crippen LogP contribution in [0.15, 0.2) is 12.2 Å². The van der Waals surface area contributed by atoms with Gasteiger partial charge in [-0.05, 0) is 59.2 Å². The Morgan fingerprint density at radius 3 is 2.06 bits per heavy atom. The number of halogens is 1. The lowest BCUT2D eigenvalue weighted by Crippen LogP contribution is -2.60. The van der Waals surface area contributed by atoms with Crippen molar-refractivity contribution in [3.63, 3.8) is 0 Å². The monoisotopic (exact) mass is 258 g/mol. The third kappa shape index (κ3) is 3.23. The molecule has 0 radical (unpaired) electrons. The highest BCUT2D eigenvalue weighted by Gasteiger charge is 2.45. The quantitative estimate of drug-likeness (QED) is 0.610. The fourth-order valence-corrected chi connectivity index (χ4v) is 2.81. The van der Waals surface area contributed by atoms with Crippen LogP contribution >= 0.6 is 11.8 Å². The highest BCUT2D eigenvalue weighted by Crippen LogP contribution is 2.39. The van der Waals surface area contributed by atoms with Crippen molar-refractivity contribution in [2.75, 3.05) is 0 Å². The van der Waals surface area contributed by atoms with E-state index >= 15 is 0 Å². The van der Waals surface area contributed by atoms with E-state index in [-0.39, 0.29) is 23.0 Å². The van der Waals surface area contributed by atoms with Gasteiger partial charge in [-0.2, -0.15) is 0 Å². The largest absolute Gasteiger partial charge is 0.349 e. The summed E-state index contributed by atoms with van der Waals surface area (Å²) in [6, 6.07) is 0.152. The molecule has 0 aromatic heterocycles. The first-order valence-corrected chi connectivity index (χ1v) is 6.32. The van der Waals surface area contributed by atoms with Gasteiger partial charge < -0.3 is 5.32 Å². The first-order chi connectivity index (χ1) is 7.56. The van der Waals surface area contributed by atoms with Gasteiger partial charge in [0.05, 0.1) is 0 Å². The van der Waals surface area contributed by atoms with Crippen molar-refractivity contribution in [2.24, 2.45) is 0 Å². The lowest BCUT2D eigenvalue weighted by Gasteiger charge is -2.51. The van der Waals surface area contributed by atoms with E-state index in [2.05, 4.69) is 39.6 Å². The normalized spacial score (nSPS) is 24.4. The summed E-state index contributed by atoms with van der Waals surface area (Å²) in [7, 11) is 0. The standard InChI is InChI=1S/C13H23ClN2O/c1-9(2)11(17)15-10-7-12(3,4)16(14)13(5,6)8-10/h10H,1,7-8H2,2-6H3,(H,15,17). The first-order valence-electron chi connectivity index (χ1n) is 5.99. The number of amides is 1. The predicted octanol–water partition coefficient (Wildman–Crippen LogP) is 2.85. The molecule has 1 saturated heterocycles. The molecule has 0 aliphatic carbocycles. The smallest absolute Gasteiger partial charge is 0.246 e. The van der Waals surface area contributed by atoms with Gasteiger partial charge in [0.1, 0.15) is 0 Å². The Morgan fingerprint density at radius 1 is 1.29 bits per heavy atom. The summed E-state index contributed by atoms with van der Waals surface area (Å²) >= 11 is 6.37. The van der Waals surface area contributed by atoms with Crippen LogP contribution in [0.4, 0.5) is 0 Å². The Hall–Kier alpha value is -0.540. The van der Waals surface area contributed by atoms with Gasteiger partial charge in [0, 0.05) is 22.7 Å². The van der Waals surface area contributed by atoms with E-state index in [1.54, 1.807) is 6.92 Å². The van der Waals surface area contributed by atoms with Crippen LogP contribution in [0.2, 0.25) is 0 Å². The van der Waals surface area contributed by atoms with Crippen LogP contribution in [-0.4, -0.2) is 27.4 Å². The highest BCUT2D eigenvalue weighted by molar-refractivity contribution is 6.14. The van der Waals surface area contributed by atoms with E-state index in [0.29, 0.717) is 5.57 Å². The van der Waals surface area contributed by atoms with Crippen LogP contribution in [-0.2, 0) is 4.79 Å². The lowest BCUT2D eigenvalue weighted by molar-refractivity contribution is -0.119. The van der Waals surface area contributed by atoms with Crippen molar-refractivity contribution < 1.29 is 4.79 Å². The van der Waals surface area contributed by atoms with Gasteiger partial charge in [-0.1, -0.05) is 6.58 Å². The Bertz CT molecular complexity index is 318. The molecule has 0 unspecified atom stereocenters. The maximum atomic E-state index is 11.7. The maximum Gasteiger partial charge on any atom is 0.246 e. The van der Waals surface area contributed by atoms with Crippen LogP contribution in [0.1, 0.15) is 47.5 Å². The molecule has 1 N–H and O–H groups in total. The molecule has 1 fully saturated rings. The van der Waals surface area contributed by atoms with Crippen molar-refractivity contribution in [3.8, 4) is 0 Å². The number of nitrogens with one attached hydrogen (secondary N) is 1. The molecule has 17 heavy (non-hydrogen) atoms. The molecule has 1 aliphatic rings. The van der Waals surface area contributed by atoms with E-state index in [1.165, 1.54) is 0 Å². The molecule has 0 bridgehead atoms. The summed E-state index contributed by atoms with van der Waals surface area (Å²) in [6.45, 7) is 13.8. The number of piperidine rings is 1. The van der Waals surface area contributed by atoms with Gasteiger partial charge in [0.25, 0.3) is 0 Å². The molecule has 0 atom stereocenters. The summed E-state index contributed by atoms with van der Waals surface area (Å²) in [6.07, 6.45) is 1.69. The summed E-state index contributed by atoms with van der Waals surface area (Å²) in [5, 5.41) is 3.03. The van der Waals surface area contributed by atoms with Gasteiger partial charge in [-0.3, -0.25) is 4.79 Å². The molecule has 98 valence electrons. The second kappa shape index (κ2) is 4.62. The van der Waals surface area contributed by atoms with Crippen molar-refractivity contribution in [1.82, 2.24) is 9.74 Å². The Morgan fingerprint density at radius 2 is 1.71 bits per heavy atom. The maximum absolute atomic E-state index is 11.7. The molecule has 3 nitrogen and oxygen atoms in total. The Balaban J connectivity index is 2.78. The average Bonchev–Trinajstić information content (AvgIpc) is 2.12. The van der Waals surface area contributed by atoms with Crippen molar-refractivity contribution in [2.45, 2.75) is 64.6 Å². The molecule has 1 heterocycles. The zero-order valence-electron chi connectivity index (χ0n) is 11.4. The second-order valence-electron chi connectivity index (χ2n) is 6.26. The average molecular weight is 259 g/mol. The molecular formula is C13H23ClN2O. The number of rotatable bonds is 2. The number of carbonyl (C=O) groups excluding carboxylic acids is 1. The molecule has 0 aromatic carbocycles. The van der Waals surface area contributed by atoms with E-state index in [4.69, 9.17) is 11.8 Å². The van der Waals surface area contributed by atoms with Gasteiger partial charge >= 0.3 is 0 Å². The zero-order valence-corrected chi connectivity index (χ0v) is 12.2. The van der Waals surface area contributed by atoms with Crippen LogP contribution in [0.5, 0.6) is 0 Å². The molecular weight excluding hydrogens is 236 g/mol. The van der Waals surface area contributed by atoms with Crippen LogP contribution < -0.4 is 5.32 Å². The van der Waals surface area contributed by atoms with Crippen molar-refractivity contribution in [1.29, 1.82) is 0 Å². The minimum Gasteiger partial charge on any atom is -0.349 e. The highest BCUT2D eigenvalue weighted by atomic mass is 35.5. The Kier molecular flexibility index (Phi) is 3.94. The molecule has 4 heteroatoms. The molecule has 1 rings (SSSR count). The summed E-state index contributed by atoms with van der Waals surface area (Å²) in [4.78, 5) is 11.7. The number of carbonyl (C=O) groups is 1. The van der Waals surface area contributed by atoms with E-state index in [0.717, 1.165) is 12.8 Å². The molecule has 0 saturated carbocycles. The molecule has 1 aliphatic heterocycles. The molecule has 1 amide bonds. The number of hydrogen-bond acceptors (Lipinski definition) is 2. The second-order valence-corrected chi connectivity index (χ2v) is 6.60. The van der Waals surface area contributed by atoms with E-state index in [1.807, 2.05) is 4.42 Å². The lowest BCUT2D eigenvalue weighted by atomic mass is 9.79. The van der Waals surface area contributed by atoms with Gasteiger partial charge in [0.2, 0.25) is 5.91 Å². The minimum atomic E-state index is -0.129. The van der Waals surface area contributed by atoms with Crippen LogP contribution in [0.25, 0.3) is 0 Å². The van der Waals surface area contributed by atoms with Crippen LogP contribution in [0, 0.1) is 0 Å². The summed E-state index contributed by atoms with van der Waals surface area (Å²) in [5.74, 6) is -0.0652. The molecule has 0 aromatic rings. The molecule has 0 spiro atoms. The van der Waals surface area contributed by atoms with Crippen LogP contribution in [0.3, 0.4) is 0 Å². The summed E-state index contributed by atoms with van der Waals surface area (Å²) in [5.41, 5.74) is 0.293. The first kappa shape index (κ1) is 14.5. The van der Waals surface area contributed by atoms with E-state index < -0.39 is 0 Å². The summed E-state index contributed by atoms with van der Waals surface area (Å²) < 4.78 is 1.88. The van der Waals surface area contributed by atoms with Gasteiger partial charge in [-0.25, -0.2) is 4.42 Å². The number of hydrogen-bond donors (Lipinski definition) is 1. The van der Waals surface area contributed by atoms with Gasteiger partial charge in [-0.15, -0.1) is 0 Å². The number of nitrogens with zero attached hydrogens (tertiary/aromatic N) is 1. The SMILES string of the molecule is C=C(C)C(=O)NC1CC(C)(C)N(Cl)C(C)(C)C1. The fraction of sp³-hybridized carbons (Fsp3) is 0.769. The van der Waals surface area contributed by atoms with Crippen molar-refractivity contribution >= 4 is 17.7 Å². The zero-order chi connectivity index (χ0) is 13.4. The topological polar surface area (TPSA) is 32.3 Å². The van der Waals surface area contributed by atoms with Gasteiger partial charge in [0.15, 0.2) is 0 Å². The minimum absolute atomic E-state index is 0.0652. The predicted molar refractivity (Wildman–Crippen MR) is 71.8 cm³/mol. The third-order valence-electron chi connectivity index (χ3n) is 3.28. The third-order valence-corrected chi connectivity index (χ3v) is 4.19. The van der Waals surface area contributed by atoms with Crippen molar-refractivity contribution in [3.05, 3.63) is 12.2 Å². The van der Waals surface area contributed by atoms with E-state index in [9.17, 15) is 4.79 Å². The fourth-order valence-electron chi connectivity index (χ4n) is 2.67.